The van der Waals surface area contributed by atoms with Crippen LogP contribution in [0.3, 0.4) is 0 Å². The van der Waals surface area contributed by atoms with E-state index in [2.05, 4.69) is 15.4 Å². The summed E-state index contributed by atoms with van der Waals surface area (Å²) >= 11 is 0. The molecular weight excluding hydrogens is 278 g/mol. The van der Waals surface area contributed by atoms with Gasteiger partial charge in [0.1, 0.15) is 5.75 Å². The maximum atomic E-state index is 12.0. The van der Waals surface area contributed by atoms with Gasteiger partial charge < -0.3 is 15.4 Å². The predicted octanol–water partition coefficient (Wildman–Crippen LogP) is 2.54. The van der Waals surface area contributed by atoms with Crippen molar-refractivity contribution in [1.29, 1.82) is 0 Å². The molecule has 118 valence electrons. The first-order chi connectivity index (χ1) is 9.88. The second-order valence-corrected chi connectivity index (χ2v) is 5.26. The van der Waals surface area contributed by atoms with Crippen molar-refractivity contribution in [2.24, 2.45) is 5.92 Å². The summed E-state index contributed by atoms with van der Waals surface area (Å²) in [7, 11) is 0. The first kappa shape index (κ1) is 17.4. The van der Waals surface area contributed by atoms with E-state index in [-0.39, 0.29) is 17.7 Å². The highest BCUT2D eigenvalue weighted by atomic mass is 19.3. The van der Waals surface area contributed by atoms with Crippen LogP contribution < -0.4 is 15.4 Å². The zero-order valence-electron chi connectivity index (χ0n) is 12.5. The van der Waals surface area contributed by atoms with Gasteiger partial charge in [0.2, 0.25) is 5.91 Å². The molecule has 0 aromatic heterocycles. The molecule has 1 aromatic rings. The van der Waals surface area contributed by atoms with E-state index >= 15 is 0 Å². The van der Waals surface area contributed by atoms with Crippen molar-refractivity contribution in [3.05, 3.63) is 29.8 Å². The fraction of sp³-hybridized carbons (Fsp3) is 0.533. The molecule has 0 heterocycles. The monoisotopic (exact) mass is 300 g/mol. The molecule has 21 heavy (non-hydrogen) atoms. The summed E-state index contributed by atoms with van der Waals surface area (Å²) in [6.45, 7) is 4.14. The topological polar surface area (TPSA) is 50.4 Å². The highest BCUT2D eigenvalue weighted by Gasteiger charge is 2.12. The Morgan fingerprint density at radius 1 is 1.19 bits per heavy atom. The van der Waals surface area contributed by atoms with Gasteiger partial charge in [0, 0.05) is 13.1 Å². The second-order valence-electron chi connectivity index (χ2n) is 5.26. The van der Waals surface area contributed by atoms with Crippen molar-refractivity contribution in [2.45, 2.75) is 40.0 Å². The lowest BCUT2D eigenvalue weighted by molar-refractivity contribution is -0.122. The molecule has 0 saturated heterocycles. The van der Waals surface area contributed by atoms with Gasteiger partial charge in [0.25, 0.3) is 0 Å². The maximum absolute atomic E-state index is 12.0. The van der Waals surface area contributed by atoms with Crippen LogP contribution in [-0.2, 0) is 11.3 Å². The fourth-order valence-electron chi connectivity index (χ4n) is 1.61. The molecule has 1 unspecified atom stereocenters. The number of alkyl halides is 2. The van der Waals surface area contributed by atoms with Gasteiger partial charge in [0.15, 0.2) is 0 Å². The average Bonchev–Trinajstić information content (AvgIpc) is 2.43. The molecule has 4 nitrogen and oxygen atoms in total. The van der Waals surface area contributed by atoms with E-state index in [1.54, 1.807) is 19.1 Å². The van der Waals surface area contributed by atoms with E-state index in [9.17, 15) is 13.6 Å². The highest BCUT2D eigenvalue weighted by molar-refractivity contribution is 5.81. The Balaban J connectivity index is 2.38. The van der Waals surface area contributed by atoms with Gasteiger partial charge in [-0.1, -0.05) is 26.0 Å². The molecule has 1 atom stereocenters. The summed E-state index contributed by atoms with van der Waals surface area (Å²) in [6, 6.07) is 6.01. The smallest absolute Gasteiger partial charge is 0.387 e. The molecule has 0 spiro atoms. The van der Waals surface area contributed by atoms with Crippen LogP contribution in [0.25, 0.3) is 0 Å². The van der Waals surface area contributed by atoms with E-state index < -0.39 is 6.61 Å². The van der Waals surface area contributed by atoms with Crippen LogP contribution in [0.2, 0.25) is 0 Å². The van der Waals surface area contributed by atoms with E-state index in [0.29, 0.717) is 19.0 Å². The molecule has 0 aliphatic carbocycles. The fourth-order valence-corrected chi connectivity index (χ4v) is 1.61. The summed E-state index contributed by atoms with van der Waals surface area (Å²) in [5, 5.41) is 5.93. The minimum absolute atomic E-state index is 0.0543. The number of benzene rings is 1. The van der Waals surface area contributed by atoms with Crippen LogP contribution in [0, 0.1) is 5.92 Å². The van der Waals surface area contributed by atoms with Gasteiger partial charge >= 0.3 is 6.61 Å². The summed E-state index contributed by atoms with van der Waals surface area (Å²) in [5.74, 6) is 0.473. The van der Waals surface area contributed by atoms with Gasteiger partial charge in [0.05, 0.1) is 6.04 Å². The Hall–Kier alpha value is -1.69. The molecule has 0 radical (unpaired) electrons. The first-order valence-electron chi connectivity index (χ1n) is 6.93. The molecule has 1 rings (SSSR count). The standard InChI is InChI=1S/C15H22F2N2O2/c1-10(2)8-19-14(20)11(3)18-9-12-4-6-13(7-5-12)21-15(16)17/h4-7,10-11,15,18H,8-9H2,1-3H3,(H,19,20). The normalized spacial score (nSPS) is 12.5. The van der Waals surface area contributed by atoms with Crippen molar-refractivity contribution in [3.8, 4) is 5.75 Å². The van der Waals surface area contributed by atoms with Crippen LogP contribution in [-0.4, -0.2) is 25.1 Å². The number of rotatable bonds is 8. The van der Waals surface area contributed by atoms with Crippen LogP contribution in [0.15, 0.2) is 24.3 Å². The van der Waals surface area contributed by atoms with Crippen LogP contribution in [0.1, 0.15) is 26.3 Å². The highest BCUT2D eigenvalue weighted by Crippen LogP contribution is 2.14. The number of ether oxygens (including phenoxy) is 1. The minimum Gasteiger partial charge on any atom is -0.435 e. The molecule has 1 aromatic carbocycles. The average molecular weight is 300 g/mol. The molecule has 0 saturated carbocycles. The Kier molecular flexibility index (Phi) is 7.08. The molecule has 6 heteroatoms. The van der Waals surface area contributed by atoms with Crippen molar-refractivity contribution in [1.82, 2.24) is 10.6 Å². The SMILES string of the molecule is CC(C)CNC(=O)C(C)NCc1ccc(OC(F)F)cc1. The summed E-state index contributed by atoms with van der Waals surface area (Å²) in [6.07, 6.45) is 0. The Morgan fingerprint density at radius 3 is 2.33 bits per heavy atom. The third-order valence-corrected chi connectivity index (χ3v) is 2.84. The quantitative estimate of drug-likeness (QED) is 0.775. The summed E-state index contributed by atoms with van der Waals surface area (Å²) in [4.78, 5) is 11.8. The minimum atomic E-state index is -2.82. The number of amides is 1. The van der Waals surface area contributed by atoms with Gasteiger partial charge in [-0.05, 0) is 30.5 Å². The lowest BCUT2D eigenvalue weighted by Crippen LogP contribution is -2.42. The molecule has 0 bridgehead atoms. The largest absolute Gasteiger partial charge is 0.435 e. The number of carbonyl (C=O) groups excluding carboxylic acids is 1. The van der Waals surface area contributed by atoms with Crippen molar-refractivity contribution in [3.63, 3.8) is 0 Å². The molecular formula is C15H22F2N2O2. The predicted molar refractivity (Wildman–Crippen MR) is 77.2 cm³/mol. The molecule has 2 N–H and O–H groups in total. The number of halogens is 2. The van der Waals surface area contributed by atoms with Crippen molar-refractivity contribution in [2.75, 3.05) is 6.54 Å². The first-order valence-corrected chi connectivity index (χ1v) is 6.93. The van der Waals surface area contributed by atoms with Crippen molar-refractivity contribution >= 4 is 5.91 Å². The van der Waals surface area contributed by atoms with Crippen LogP contribution in [0.5, 0.6) is 5.75 Å². The van der Waals surface area contributed by atoms with E-state index in [0.717, 1.165) is 5.56 Å². The lowest BCUT2D eigenvalue weighted by Gasteiger charge is -2.15. The van der Waals surface area contributed by atoms with E-state index in [4.69, 9.17) is 0 Å². The lowest BCUT2D eigenvalue weighted by atomic mass is 10.2. The Bertz CT molecular complexity index is 436. The third-order valence-electron chi connectivity index (χ3n) is 2.84. The maximum Gasteiger partial charge on any atom is 0.387 e. The Morgan fingerprint density at radius 2 is 1.81 bits per heavy atom. The number of hydrogen-bond acceptors (Lipinski definition) is 3. The zero-order valence-corrected chi connectivity index (χ0v) is 12.5. The van der Waals surface area contributed by atoms with Crippen molar-refractivity contribution < 1.29 is 18.3 Å². The molecule has 0 fully saturated rings. The van der Waals surface area contributed by atoms with E-state index in [1.807, 2.05) is 13.8 Å². The van der Waals surface area contributed by atoms with Gasteiger partial charge in [-0.3, -0.25) is 4.79 Å². The number of nitrogens with one attached hydrogen (secondary N) is 2. The van der Waals surface area contributed by atoms with Crippen LogP contribution >= 0.6 is 0 Å². The van der Waals surface area contributed by atoms with Gasteiger partial charge in [-0.25, -0.2) is 0 Å². The summed E-state index contributed by atoms with van der Waals surface area (Å²) < 4.78 is 28.3. The van der Waals surface area contributed by atoms with Gasteiger partial charge in [-0.2, -0.15) is 8.78 Å². The number of carbonyl (C=O) groups is 1. The molecule has 0 aliphatic heterocycles. The molecule has 1 amide bonds. The Labute approximate surface area is 123 Å². The zero-order chi connectivity index (χ0) is 15.8. The van der Waals surface area contributed by atoms with Gasteiger partial charge in [-0.15, -0.1) is 0 Å². The second kappa shape index (κ2) is 8.56. The van der Waals surface area contributed by atoms with Crippen LogP contribution in [0.4, 0.5) is 8.78 Å². The van der Waals surface area contributed by atoms with E-state index in [1.165, 1.54) is 12.1 Å². The third kappa shape index (κ3) is 7.04. The summed E-state index contributed by atoms with van der Waals surface area (Å²) in [5.41, 5.74) is 0.889. The number of hydrogen-bond donors (Lipinski definition) is 2. The molecule has 0 aliphatic rings.